The summed E-state index contributed by atoms with van der Waals surface area (Å²) < 4.78 is 5.04. The zero-order valence-corrected chi connectivity index (χ0v) is 7.29. The first kappa shape index (κ1) is 8.27. The van der Waals surface area contributed by atoms with Crippen LogP contribution in [-0.4, -0.2) is 24.2 Å². The molecule has 3 heteroatoms. The predicted octanol–water partition coefficient (Wildman–Crippen LogP) is 1.30. The Kier molecular flexibility index (Phi) is 2.65. The Morgan fingerprint density at radius 3 is 2.73 bits per heavy atom. The zero-order valence-electron chi connectivity index (χ0n) is 7.29. The molecule has 0 aliphatic carbocycles. The largest absolute Gasteiger partial charge is 0.361 e. The molecule has 1 heterocycles. The molecule has 0 spiro atoms. The van der Waals surface area contributed by atoms with E-state index in [1.807, 2.05) is 20.2 Å². The fourth-order valence-corrected chi connectivity index (χ4v) is 0.921. The van der Waals surface area contributed by atoms with E-state index in [1.54, 1.807) is 0 Å². The highest BCUT2D eigenvalue weighted by Crippen LogP contribution is 2.04. The van der Waals surface area contributed by atoms with Gasteiger partial charge in [0.1, 0.15) is 5.76 Å². The first-order chi connectivity index (χ1) is 5.22. The van der Waals surface area contributed by atoms with Gasteiger partial charge in [0.05, 0.1) is 5.69 Å². The van der Waals surface area contributed by atoms with Gasteiger partial charge in [-0.3, -0.25) is 0 Å². The van der Waals surface area contributed by atoms with Crippen molar-refractivity contribution >= 4 is 0 Å². The molecule has 0 unspecified atom stereocenters. The van der Waals surface area contributed by atoms with Crippen molar-refractivity contribution in [1.29, 1.82) is 0 Å². The van der Waals surface area contributed by atoms with Gasteiger partial charge in [-0.1, -0.05) is 12.1 Å². The Balaban J connectivity index is 2.58. The Morgan fingerprint density at radius 1 is 1.55 bits per heavy atom. The van der Waals surface area contributed by atoms with Crippen LogP contribution in [0.5, 0.6) is 0 Å². The second-order valence-corrected chi connectivity index (χ2v) is 2.88. The van der Waals surface area contributed by atoms with E-state index < -0.39 is 0 Å². The van der Waals surface area contributed by atoms with Crippen molar-refractivity contribution in [2.24, 2.45) is 0 Å². The van der Waals surface area contributed by atoms with Crippen molar-refractivity contribution in [2.45, 2.75) is 19.9 Å². The summed E-state index contributed by atoms with van der Waals surface area (Å²) in [5.74, 6) is 0.960. The molecule has 0 atom stereocenters. The van der Waals surface area contributed by atoms with Crippen LogP contribution >= 0.6 is 0 Å². The molecular formula is C8H14N2O. The van der Waals surface area contributed by atoms with Gasteiger partial charge in [0.2, 0.25) is 0 Å². The molecule has 0 aliphatic heterocycles. The molecule has 0 aliphatic rings. The summed E-state index contributed by atoms with van der Waals surface area (Å²) in [6, 6.07) is 2.00. The van der Waals surface area contributed by atoms with Crippen LogP contribution in [-0.2, 0) is 13.0 Å². The van der Waals surface area contributed by atoms with E-state index >= 15 is 0 Å². The molecule has 0 radical (unpaired) electrons. The molecule has 0 N–H and O–H groups in total. The lowest BCUT2D eigenvalue weighted by atomic mass is 10.3. The van der Waals surface area contributed by atoms with Crippen molar-refractivity contribution in [3.8, 4) is 0 Å². The molecule has 0 bridgehead atoms. The summed E-state index contributed by atoms with van der Waals surface area (Å²) in [5, 5.41) is 3.91. The number of aryl methyl sites for hydroxylation is 1. The number of rotatable bonds is 3. The van der Waals surface area contributed by atoms with E-state index in [2.05, 4.69) is 17.0 Å². The van der Waals surface area contributed by atoms with E-state index in [9.17, 15) is 0 Å². The molecule has 1 rings (SSSR count). The lowest BCUT2D eigenvalue weighted by Crippen LogP contribution is -2.10. The third kappa shape index (κ3) is 2.35. The maximum Gasteiger partial charge on any atom is 0.136 e. The number of aromatic nitrogens is 1. The van der Waals surface area contributed by atoms with Gasteiger partial charge >= 0.3 is 0 Å². The van der Waals surface area contributed by atoms with Crippen molar-refractivity contribution in [3.63, 3.8) is 0 Å². The number of hydrogen-bond donors (Lipinski definition) is 0. The van der Waals surface area contributed by atoms with Gasteiger partial charge in [-0.05, 0) is 14.1 Å². The molecule has 0 amide bonds. The third-order valence-electron chi connectivity index (χ3n) is 1.43. The SMILES string of the molecule is CCc1cc(CN(C)C)no1. The number of hydrogen-bond acceptors (Lipinski definition) is 3. The monoisotopic (exact) mass is 154 g/mol. The van der Waals surface area contributed by atoms with Crippen LogP contribution in [0.1, 0.15) is 18.4 Å². The minimum absolute atomic E-state index is 0.851. The average Bonchev–Trinajstić information content (AvgIpc) is 2.34. The molecule has 11 heavy (non-hydrogen) atoms. The van der Waals surface area contributed by atoms with Crippen molar-refractivity contribution in [3.05, 3.63) is 17.5 Å². The van der Waals surface area contributed by atoms with Crippen LogP contribution in [0.4, 0.5) is 0 Å². The average molecular weight is 154 g/mol. The Labute approximate surface area is 67.0 Å². The van der Waals surface area contributed by atoms with Crippen LogP contribution < -0.4 is 0 Å². The summed E-state index contributed by atoms with van der Waals surface area (Å²) in [5.41, 5.74) is 1.01. The highest BCUT2D eigenvalue weighted by atomic mass is 16.5. The van der Waals surface area contributed by atoms with Crippen molar-refractivity contribution < 1.29 is 4.52 Å². The summed E-state index contributed by atoms with van der Waals surface area (Å²) in [4.78, 5) is 2.07. The summed E-state index contributed by atoms with van der Waals surface area (Å²) >= 11 is 0. The molecule has 0 saturated heterocycles. The highest BCUT2D eigenvalue weighted by Gasteiger charge is 2.01. The maximum absolute atomic E-state index is 5.04. The molecular weight excluding hydrogens is 140 g/mol. The lowest BCUT2D eigenvalue weighted by molar-refractivity contribution is 0.350. The smallest absolute Gasteiger partial charge is 0.136 e. The Hall–Kier alpha value is -0.830. The van der Waals surface area contributed by atoms with Gasteiger partial charge in [0.25, 0.3) is 0 Å². The van der Waals surface area contributed by atoms with Crippen LogP contribution in [0, 0.1) is 0 Å². The normalized spacial score (nSPS) is 10.9. The summed E-state index contributed by atoms with van der Waals surface area (Å²) in [7, 11) is 4.03. The second kappa shape index (κ2) is 3.53. The fraction of sp³-hybridized carbons (Fsp3) is 0.625. The van der Waals surface area contributed by atoms with E-state index in [0.29, 0.717) is 0 Å². The van der Waals surface area contributed by atoms with Gasteiger partial charge < -0.3 is 9.42 Å². The zero-order chi connectivity index (χ0) is 8.27. The predicted molar refractivity (Wildman–Crippen MR) is 43.3 cm³/mol. The first-order valence-electron chi connectivity index (χ1n) is 3.81. The Morgan fingerprint density at radius 2 is 2.27 bits per heavy atom. The van der Waals surface area contributed by atoms with Crippen LogP contribution in [0.25, 0.3) is 0 Å². The summed E-state index contributed by atoms with van der Waals surface area (Å²) in [6.45, 7) is 2.91. The molecule has 0 aromatic carbocycles. The topological polar surface area (TPSA) is 29.3 Å². The summed E-state index contributed by atoms with van der Waals surface area (Å²) in [6.07, 6.45) is 0.917. The first-order valence-corrected chi connectivity index (χ1v) is 3.81. The van der Waals surface area contributed by atoms with Crippen LogP contribution in [0.3, 0.4) is 0 Å². The van der Waals surface area contributed by atoms with Crippen molar-refractivity contribution in [1.82, 2.24) is 10.1 Å². The quantitative estimate of drug-likeness (QED) is 0.657. The third-order valence-corrected chi connectivity index (χ3v) is 1.43. The van der Waals surface area contributed by atoms with Gasteiger partial charge in [-0.25, -0.2) is 0 Å². The minimum atomic E-state index is 0.851. The molecule has 1 aromatic rings. The molecule has 3 nitrogen and oxygen atoms in total. The van der Waals surface area contributed by atoms with Crippen LogP contribution in [0.15, 0.2) is 10.6 Å². The lowest BCUT2D eigenvalue weighted by Gasteiger charge is -2.04. The standard InChI is InChI=1S/C8H14N2O/c1-4-8-5-7(9-11-8)6-10(2)3/h5H,4,6H2,1-3H3. The van der Waals surface area contributed by atoms with Crippen LogP contribution in [0.2, 0.25) is 0 Å². The van der Waals surface area contributed by atoms with Gasteiger partial charge in [-0.15, -0.1) is 0 Å². The van der Waals surface area contributed by atoms with E-state index in [0.717, 1.165) is 24.4 Å². The van der Waals surface area contributed by atoms with E-state index in [4.69, 9.17) is 4.52 Å². The van der Waals surface area contributed by atoms with Crippen molar-refractivity contribution in [2.75, 3.05) is 14.1 Å². The van der Waals surface area contributed by atoms with E-state index in [-0.39, 0.29) is 0 Å². The second-order valence-electron chi connectivity index (χ2n) is 2.88. The minimum Gasteiger partial charge on any atom is -0.361 e. The highest BCUT2D eigenvalue weighted by molar-refractivity contribution is 5.04. The molecule has 62 valence electrons. The molecule has 0 saturated carbocycles. The van der Waals surface area contributed by atoms with Gasteiger partial charge in [-0.2, -0.15) is 0 Å². The Bertz CT molecular complexity index is 218. The van der Waals surface area contributed by atoms with Gasteiger partial charge in [0.15, 0.2) is 0 Å². The molecule has 1 aromatic heterocycles. The van der Waals surface area contributed by atoms with Gasteiger partial charge in [0, 0.05) is 19.0 Å². The molecule has 0 fully saturated rings. The maximum atomic E-state index is 5.04. The number of nitrogens with zero attached hydrogens (tertiary/aromatic N) is 2. The fourth-order valence-electron chi connectivity index (χ4n) is 0.921. The van der Waals surface area contributed by atoms with E-state index in [1.165, 1.54) is 0 Å².